The average Bonchev–Trinajstić information content (AvgIpc) is 2.91. The van der Waals surface area contributed by atoms with Gasteiger partial charge in [0.1, 0.15) is 6.54 Å². The van der Waals surface area contributed by atoms with E-state index in [1.807, 2.05) is 66.5 Å². The molecular formula is C16H18N2O3. The summed E-state index contributed by atoms with van der Waals surface area (Å²) >= 11 is 0. The Balaban J connectivity index is 2.01. The van der Waals surface area contributed by atoms with Crippen molar-refractivity contribution in [2.45, 2.75) is 0 Å². The fourth-order valence-corrected chi connectivity index (χ4v) is 1.97. The van der Waals surface area contributed by atoms with E-state index in [1.54, 1.807) is 11.9 Å². The number of hydrogen-bond acceptors (Lipinski definition) is 4. The summed E-state index contributed by atoms with van der Waals surface area (Å²) in [5.74, 6) is -0.689. The summed E-state index contributed by atoms with van der Waals surface area (Å²) in [7, 11) is 3.74. The second-order valence-electron chi connectivity index (χ2n) is 4.85. The topological polar surface area (TPSA) is 54.7 Å². The highest BCUT2D eigenvalue weighted by Crippen LogP contribution is 2.15. The summed E-state index contributed by atoms with van der Waals surface area (Å²) in [4.78, 5) is 16.4. The first-order valence-electron chi connectivity index (χ1n) is 6.54. The molecule has 110 valence electrons. The first-order chi connectivity index (χ1) is 10.1. The molecule has 0 fully saturated rings. The van der Waals surface area contributed by atoms with Gasteiger partial charge in [-0.05, 0) is 29.3 Å². The van der Waals surface area contributed by atoms with Gasteiger partial charge in [-0.15, -0.1) is 0 Å². The first-order valence-corrected chi connectivity index (χ1v) is 6.54. The summed E-state index contributed by atoms with van der Waals surface area (Å²) < 4.78 is 2.00. The Morgan fingerprint density at radius 1 is 1.24 bits per heavy atom. The average molecular weight is 286 g/mol. The van der Waals surface area contributed by atoms with Gasteiger partial charge in [-0.2, -0.15) is 5.26 Å². The summed E-state index contributed by atoms with van der Waals surface area (Å²) in [6.07, 6.45) is 8.11. The van der Waals surface area contributed by atoms with E-state index in [0.717, 1.165) is 16.8 Å². The van der Waals surface area contributed by atoms with Crippen molar-refractivity contribution in [1.82, 2.24) is 4.57 Å². The van der Waals surface area contributed by atoms with Crippen LogP contribution in [-0.4, -0.2) is 29.4 Å². The molecule has 0 atom stereocenters. The van der Waals surface area contributed by atoms with Gasteiger partial charge in [-0.3, -0.25) is 4.89 Å². The first kappa shape index (κ1) is 14.9. The normalized spacial score (nSPS) is 10.8. The lowest BCUT2D eigenvalue weighted by molar-refractivity contribution is -0.232. The van der Waals surface area contributed by atoms with Gasteiger partial charge in [-0.1, -0.05) is 24.3 Å². The Morgan fingerprint density at radius 3 is 2.48 bits per heavy atom. The van der Waals surface area contributed by atoms with Crippen molar-refractivity contribution in [3.8, 4) is 0 Å². The molecule has 0 radical (unpaired) electrons. The molecule has 5 heteroatoms. The second kappa shape index (κ2) is 6.76. The molecule has 0 aliphatic carbocycles. The summed E-state index contributed by atoms with van der Waals surface area (Å²) in [5.41, 5.74) is 3.09. The van der Waals surface area contributed by atoms with Crippen molar-refractivity contribution in [3.63, 3.8) is 0 Å². The summed E-state index contributed by atoms with van der Waals surface area (Å²) in [6.45, 7) is -0.00426. The lowest BCUT2D eigenvalue weighted by Gasteiger charge is -2.17. The summed E-state index contributed by atoms with van der Waals surface area (Å²) in [6, 6.07) is 9.80. The van der Waals surface area contributed by atoms with Gasteiger partial charge in [0.15, 0.2) is 0 Å². The second-order valence-corrected chi connectivity index (χ2v) is 4.85. The van der Waals surface area contributed by atoms with Crippen LogP contribution in [0, 0.1) is 0 Å². The minimum atomic E-state index is -0.689. The Morgan fingerprint density at radius 2 is 1.90 bits per heavy atom. The minimum Gasteiger partial charge on any atom is -0.364 e. The van der Waals surface area contributed by atoms with Crippen molar-refractivity contribution < 1.29 is 14.9 Å². The van der Waals surface area contributed by atoms with Crippen molar-refractivity contribution in [2.24, 2.45) is 7.05 Å². The van der Waals surface area contributed by atoms with Crippen molar-refractivity contribution in [1.29, 1.82) is 0 Å². The number of rotatable bonds is 5. The minimum absolute atomic E-state index is 0.00426. The van der Waals surface area contributed by atoms with Crippen LogP contribution in [0.4, 0.5) is 5.69 Å². The maximum absolute atomic E-state index is 11.0. The number of nitrogens with zero attached hydrogens (tertiary/aromatic N) is 2. The zero-order valence-electron chi connectivity index (χ0n) is 12.1. The molecule has 2 rings (SSSR count). The van der Waals surface area contributed by atoms with Crippen molar-refractivity contribution in [2.75, 3.05) is 18.5 Å². The Labute approximate surface area is 123 Å². The van der Waals surface area contributed by atoms with Gasteiger partial charge in [0.2, 0.25) is 0 Å². The molecule has 0 aliphatic heterocycles. The largest absolute Gasteiger partial charge is 0.364 e. The summed E-state index contributed by atoms with van der Waals surface area (Å²) in [5, 5.41) is 8.27. The number of aromatic nitrogens is 1. The van der Waals surface area contributed by atoms with Gasteiger partial charge in [0, 0.05) is 32.2 Å². The van der Waals surface area contributed by atoms with Gasteiger partial charge in [0.05, 0.1) is 0 Å². The molecule has 0 bridgehead atoms. The molecule has 21 heavy (non-hydrogen) atoms. The third kappa shape index (κ3) is 4.22. The van der Waals surface area contributed by atoms with Crippen LogP contribution in [0.1, 0.15) is 11.1 Å². The number of carbonyl (C=O) groups excluding carboxylic acids is 1. The molecule has 1 heterocycles. The molecule has 0 amide bonds. The van der Waals surface area contributed by atoms with Gasteiger partial charge < -0.3 is 9.47 Å². The maximum Gasteiger partial charge on any atom is 0.361 e. The number of aryl methyl sites for hydroxylation is 1. The van der Waals surface area contributed by atoms with E-state index in [9.17, 15) is 4.79 Å². The molecule has 1 aromatic carbocycles. The Hall–Kier alpha value is -2.53. The monoisotopic (exact) mass is 286 g/mol. The van der Waals surface area contributed by atoms with E-state index in [1.165, 1.54) is 0 Å². The van der Waals surface area contributed by atoms with E-state index in [4.69, 9.17) is 5.26 Å². The van der Waals surface area contributed by atoms with Gasteiger partial charge in [0.25, 0.3) is 0 Å². The van der Waals surface area contributed by atoms with Crippen LogP contribution in [0.3, 0.4) is 0 Å². The van der Waals surface area contributed by atoms with E-state index in [-0.39, 0.29) is 6.54 Å². The highest BCUT2D eigenvalue weighted by atomic mass is 17.1. The molecule has 0 saturated heterocycles. The lowest BCUT2D eigenvalue weighted by Crippen LogP contribution is -2.26. The van der Waals surface area contributed by atoms with E-state index < -0.39 is 5.97 Å². The van der Waals surface area contributed by atoms with E-state index >= 15 is 0 Å². The molecule has 5 nitrogen and oxygen atoms in total. The lowest BCUT2D eigenvalue weighted by atomic mass is 10.1. The number of likely N-dealkylation sites (N-methyl/N-ethyl adjacent to an activating group) is 1. The van der Waals surface area contributed by atoms with Crippen LogP contribution in [0.15, 0.2) is 42.7 Å². The number of anilines is 1. The van der Waals surface area contributed by atoms with Crippen molar-refractivity contribution in [3.05, 3.63) is 53.9 Å². The SMILES string of the molecule is CN(CC(=O)OO)c1ccc(/C=C/c2ccn(C)c2)cc1. The van der Waals surface area contributed by atoms with Crippen LogP contribution in [0.2, 0.25) is 0 Å². The number of carbonyl (C=O) groups is 1. The predicted molar refractivity (Wildman–Crippen MR) is 82.8 cm³/mol. The number of benzene rings is 1. The van der Waals surface area contributed by atoms with Crippen LogP contribution >= 0.6 is 0 Å². The highest BCUT2D eigenvalue weighted by Gasteiger charge is 2.07. The predicted octanol–water partition coefficient (Wildman–Crippen LogP) is 2.65. The van der Waals surface area contributed by atoms with E-state index in [0.29, 0.717) is 0 Å². The molecule has 2 aromatic rings. The zero-order valence-corrected chi connectivity index (χ0v) is 12.1. The standard InChI is InChI=1S/C16H18N2O3/c1-17-10-9-14(11-17)4-3-13-5-7-15(8-6-13)18(2)12-16(19)21-20/h3-11,20H,12H2,1-2H3/b4-3+. The molecule has 1 aromatic heterocycles. The Kier molecular flexibility index (Phi) is 4.79. The van der Waals surface area contributed by atoms with Gasteiger partial charge in [-0.25, -0.2) is 4.79 Å². The van der Waals surface area contributed by atoms with Gasteiger partial charge >= 0.3 is 5.97 Å². The smallest absolute Gasteiger partial charge is 0.361 e. The van der Waals surface area contributed by atoms with Crippen LogP contribution in [0.25, 0.3) is 12.2 Å². The molecular weight excluding hydrogens is 268 g/mol. The maximum atomic E-state index is 11.0. The highest BCUT2D eigenvalue weighted by molar-refractivity contribution is 5.75. The van der Waals surface area contributed by atoms with Crippen LogP contribution in [-0.2, 0) is 16.7 Å². The molecule has 0 spiro atoms. The molecule has 0 saturated carbocycles. The zero-order chi connectivity index (χ0) is 15.2. The van der Waals surface area contributed by atoms with E-state index in [2.05, 4.69) is 4.89 Å². The third-order valence-corrected chi connectivity index (χ3v) is 3.13. The number of hydrogen-bond donors (Lipinski definition) is 1. The van der Waals surface area contributed by atoms with Crippen LogP contribution < -0.4 is 4.90 Å². The van der Waals surface area contributed by atoms with Crippen molar-refractivity contribution >= 4 is 23.8 Å². The Bertz CT molecular complexity index is 629. The third-order valence-electron chi connectivity index (χ3n) is 3.13. The molecule has 0 unspecified atom stereocenters. The molecule has 1 N–H and O–H groups in total. The molecule has 0 aliphatic rings. The van der Waals surface area contributed by atoms with Crippen LogP contribution in [0.5, 0.6) is 0 Å². The fraction of sp³-hybridized carbons (Fsp3) is 0.188. The quantitative estimate of drug-likeness (QED) is 0.678. The fourth-order valence-electron chi connectivity index (χ4n) is 1.97.